The summed E-state index contributed by atoms with van der Waals surface area (Å²) in [5, 5.41) is 6.72. The normalized spacial score (nSPS) is 12.9. The molecule has 0 saturated heterocycles. The molecule has 160 valence electrons. The third-order valence-electron chi connectivity index (χ3n) is 4.31. The number of alkyl halides is 3. The van der Waals surface area contributed by atoms with Gasteiger partial charge in [-0.3, -0.25) is 4.79 Å². The van der Waals surface area contributed by atoms with Crippen LogP contribution in [-0.4, -0.2) is 25.5 Å². The van der Waals surface area contributed by atoms with Crippen LogP contribution >= 0.6 is 0 Å². The molecule has 7 nitrogen and oxygen atoms in total. The van der Waals surface area contributed by atoms with Gasteiger partial charge in [0.25, 0.3) is 5.91 Å². The molecule has 0 aliphatic carbocycles. The number of carbonyl (C=O) groups excluding carboxylic acids is 1. The number of carbonyl (C=O) groups is 1. The first kappa shape index (κ1) is 20.3. The molecule has 0 saturated carbocycles. The number of halogens is 3. The van der Waals surface area contributed by atoms with Crippen molar-refractivity contribution in [3.8, 4) is 22.8 Å². The minimum Gasteiger partial charge on any atom is -0.455 e. The highest BCUT2D eigenvalue weighted by molar-refractivity contribution is 5.83. The molecule has 4 rings (SSSR count). The van der Waals surface area contributed by atoms with Crippen LogP contribution in [0.1, 0.15) is 11.3 Å². The number of hydrazone groups is 1. The van der Waals surface area contributed by atoms with Crippen LogP contribution in [0.3, 0.4) is 0 Å². The predicted molar refractivity (Wildman–Crippen MR) is 106 cm³/mol. The van der Waals surface area contributed by atoms with Gasteiger partial charge in [-0.1, -0.05) is 12.1 Å². The molecule has 0 spiro atoms. The van der Waals surface area contributed by atoms with Crippen molar-refractivity contribution in [2.24, 2.45) is 5.10 Å². The lowest BCUT2D eigenvalue weighted by Gasteiger charge is -2.07. The van der Waals surface area contributed by atoms with E-state index < -0.39 is 17.6 Å². The second kappa shape index (κ2) is 8.42. The number of rotatable bonds is 6. The van der Waals surface area contributed by atoms with Gasteiger partial charge in [-0.15, -0.1) is 0 Å². The Bertz CT molecular complexity index is 1130. The van der Waals surface area contributed by atoms with E-state index in [2.05, 4.69) is 15.8 Å². The minimum absolute atomic E-state index is 0.0371. The number of ether oxygens (including phenoxy) is 2. The van der Waals surface area contributed by atoms with Crippen molar-refractivity contribution in [3.05, 3.63) is 65.9 Å². The van der Waals surface area contributed by atoms with Crippen LogP contribution < -0.4 is 20.2 Å². The van der Waals surface area contributed by atoms with Crippen molar-refractivity contribution in [2.75, 3.05) is 18.7 Å². The van der Waals surface area contributed by atoms with E-state index >= 15 is 0 Å². The van der Waals surface area contributed by atoms with E-state index in [1.54, 1.807) is 18.2 Å². The Hall–Kier alpha value is -3.95. The van der Waals surface area contributed by atoms with Gasteiger partial charge >= 0.3 is 6.18 Å². The average molecular weight is 431 g/mol. The van der Waals surface area contributed by atoms with Crippen molar-refractivity contribution >= 4 is 17.8 Å². The van der Waals surface area contributed by atoms with E-state index in [1.165, 1.54) is 30.5 Å². The maximum absolute atomic E-state index is 12.9. The van der Waals surface area contributed by atoms with Gasteiger partial charge in [-0.05, 0) is 36.4 Å². The molecule has 0 radical (unpaired) electrons. The van der Waals surface area contributed by atoms with E-state index in [4.69, 9.17) is 13.9 Å². The molecule has 31 heavy (non-hydrogen) atoms. The van der Waals surface area contributed by atoms with Gasteiger partial charge in [-0.2, -0.15) is 18.3 Å². The van der Waals surface area contributed by atoms with E-state index in [9.17, 15) is 18.0 Å². The van der Waals surface area contributed by atoms with Gasteiger partial charge in [0, 0.05) is 17.3 Å². The number of nitrogens with zero attached hydrogens (tertiary/aromatic N) is 1. The number of fused-ring (bicyclic) bond motifs is 1. The van der Waals surface area contributed by atoms with Gasteiger partial charge < -0.3 is 19.2 Å². The number of hydrogen-bond acceptors (Lipinski definition) is 6. The Labute approximate surface area is 174 Å². The molecule has 0 bridgehead atoms. The average Bonchev–Trinajstić information content (AvgIpc) is 3.41. The minimum atomic E-state index is -4.44. The number of amides is 1. The van der Waals surface area contributed by atoms with Crippen molar-refractivity contribution in [1.82, 2.24) is 5.43 Å². The van der Waals surface area contributed by atoms with E-state index in [1.807, 2.05) is 0 Å². The fourth-order valence-corrected chi connectivity index (χ4v) is 2.82. The van der Waals surface area contributed by atoms with Gasteiger partial charge in [0.05, 0.1) is 18.3 Å². The SMILES string of the molecule is O=C(CNc1ccc2c(c1)OCO2)N/N=C\c1ccc(-c2cccc(C(F)(F)F)c2)o1. The summed E-state index contributed by atoms with van der Waals surface area (Å²) in [6.45, 7) is 0.126. The number of hydrogen-bond donors (Lipinski definition) is 2. The van der Waals surface area contributed by atoms with Gasteiger partial charge in [0.2, 0.25) is 6.79 Å². The van der Waals surface area contributed by atoms with Crippen LogP contribution in [-0.2, 0) is 11.0 Å². The molecule has 1 aromatic heterocycles. The first-order chi connectivity index (χ1) is 14.9. The third kappa shape index (κ3) is 4.97. The molecule has 1 aliphatic heterocycles. The zero-order chi connectivity index (χ0) is 21.8. The Balaban J connectivity index is 1.30. The molecule has 0 fully saturated rings. The lowest BCUT2D eigenvalue weighted by atomic mass is 10.1. The summed E-state index contributed by atoms with van der Waals surface area (Å²) in [7, 11) is 0. The summed E-state index contributed by atoms with van der Waals surface area (Å²) in [4.78, 5) is 11.9. The van der Waals surface area contributed by atoms with Gasteiger partial charge in [0.1, 0.15) is 11.5 Å². The Morgan fingerprint density at radius 2 is 1.90 bits per heavy atom. The van der Waals surface area contributed by atoms with Crippen LogP contribution in [0.5, 0.6) is 11.5 Å². The summed E-state index contributed by atoms with van der Waals surface area (Å²) in [6, 6.07) is 13.1. The molecule has 0 atom stereocenters. The molecule has 1 amide bonds. The van der Waals surface area contributed by atoms with Crippen molar-refractivity contribution in [3.63, 3.8) is 0 Å². The van der Waals surface area contributed by atoms with E-state index in [-0.39, 0.29) is 30.4 Å². The quantitative estimate of drug-likeness (QED) is 0.450. The summed E-state index contributed by atoms with van der Waals surface area (Å²) >= 11 is 0. The summed E-state index contributed by atoms with van der Waals surface area (Å²) in [6.07, 6.45) is -3.18. The molecule has 3 aromatic rings. The van der Waals surface area contributed by atoms with E-state index in [0.29, 0.717) is 17.2 Å². The summed E-state index contributed by atoms with van der Waals surface area (Å²) in [5.74, 6) is 1.36. The largest absolute Gasteiger partial charge is 0.455 e. The zero-order valence-electron chi connectivity index (χ0n) is 15.9. The lowest BCUT2D eigenvalue weighted by Crippen LogP contribution is -2.25. The number of anilines is 1. The number of nitrogens with one attached hydrogen (secondary N) is 2. The fraction of sp³-hybridized carbons (Fsp3) is 0.143. The standard InChI is InChI=1S/C21H16F3N3O4/c22-21(23,24)14-3-1-2-13(8-14)17-7-5-16(31-17)10-26-27-20(28)11-25-15-4-6-18-19(9-15)30-12-29-18/h1-10,25H,11-12H2,(H,27,28)/b26-10-. The number of benzene rings is 2. The Morgan fingerprint density at radius 3 is 2.74 bits per heavy atom. The summed E-state index contributed by atoms with van der Waals surface area (Å²) in [5.41, 5.74) is 2.53. The van der Waals surface area contributed by atoms with E-state index in [0.717, 1.165) is 12.1 Å². The third-order valence-corrected chi connectivity index (χ3v) is 4.31. The molecule has 0 unspecified atom stereocenters. The first-order valence-electron chi connectivity index (χ1n) is 9.11. The first-order valence-corrected chi connectivity index (χ1v) is 9.11. The topological polar surface area (TPSA) is 85.1 Å². The summed E-state index contributed by atoms with van der Waals surface area (Å²) < 4.78 is 54.5. The number of furan rings is 1. The molecule has 10 heteroatoms. The second-order valence-corrected chi connectivity index (χ2v) is 6.50. The Kier molecular flexibility index (Phi) is 5.52. The molecule has 2 aromatic carbocycles. The smallest absolute Gasteiger partial charge is 0.416 e. The Morgan fingerprint density at radius 1 is 1.06 bits per heavy atom. The molecule has 2 N–H and O–H groups in total. The van der Waals surface area contributed by atoms with Crippen molar-refractivity contribution in [1.29, 1.82) is 0 Å². The van der Waals surface area contributed by atoms with Gasteiger partial charge in [0.15, 0.2) is 11.5 Å². The van der Waals surface area contributed by atoms with Crippen LogP contribution in [0.25, 0.3) is 11.3 Å². The van der Waals surface area contributed by atoms with Gasteiger partial charge in [-0.25, -0.2) is 5.43 Å². The second-order valence-electron chi connectivity index (χ2n) is 6.50. The highest BCUT2D eigenvalue weighted by Crippen LogP contribution is 2.34. The monoisotopic (exact) mass is 431 g/mol. The highest BCUT2D eigenvalue weighted by Gasteiger charge is 2.30. The molecular weight excluding hydrogens is 415 g/mol. The zero-order valence-corrected chi connectivity index (χ0v) is 15.9. The molecule has 1 aliphatic rings. The molecule has 2 heterocycles. The maximum Gasteiger partial charge on any atom is 0.416 e. The van der Waals surface area contributed by atoms with Crippen LogP contribution in [0, 0.1) is 0 Å². The van der Waals surface area contributed by atoms with Crippen LogP contribution in [0.4, 0.5) is 18.9 Å². The van der Waals surface area contributed by atoms with Crippen LogP contribution in [0.2, 0.25) is 0 Å². The maximum atomic E-state index is 12.9. The van der Waals surface area contributed by atoms with Crippen LogP contribution in [0.15, 0.2) is 64.1 Å². The highest BCUT2D eigenvalue weighted by atomic mass is 19.4. The fourth-order valence-electron chi connectivity index (χ4n) is 2.82. The molecular formula is C21H16F3N3O4. The predicted octanol–water partition coefficient (Wildman–Crippen LogP) is 4.26. The lowest BCUT2D eigenvalue weighted by molar-refractivity contribution is -0.137. The van der Waals surface area contributed by atoms with Crippen molar-refractivity contribution in [2.45, 2.75) is 6.18 Å². The van der Waals surface area contributed by atoms with Crippen molar-refractivity contribution < 1.29 is 31.9 Å².